The molecule has 3 heteroatoms. The highest BCUT2D eigenvalue weighted by Crippen LogP contribution is 2.66. The predicted molar refractivity (Wildman–Crippen MR) is 235 cm³/mol. The Bertz CT molecular complexity index is 3020. The standard InChI is InChI=1S/C55H35NO2/c1-3-15-36(16-4-1)37-27-29-38(30-28-37)41-19-10-14-26-49(41)56(39-17-5-2-6-18-39)40-31-33-50-52(35-40)57-51-34-32-48-53(54(51)58-50)44-22-9-13-25-47(44)55(48)45-23-11-7-20-42(45)43-21-8-12-24-46(43)55/h1-35H. The molecule has 1 heterocycles. The van der Waals surface area contributed by atoms with E-state index in [1.165, 1.54) is 50.1 Å². The molecule has 9 aromatic rings. The Labute approximate surface area is 337 Å². The number of benzene rings is 9. The third-order valence-corrected chi connectivity index (χ3v) is 12.2. The van der Waals surface area contributed by atoms with Gasteiger partial charge in [-0.15, -0.1) is 0 Å². The second-order valence-corrected chi connectivity index (χ2v) is 15.2. The molecule has 3 nitrogen and oxygen atoms in total. The molecule has 0 unspecified atom stereocenters. The maximum Gasteiger partial charge on any atom is 0.178 e. The molecule has 3 aliphatic rings. The van der Waals surface area contributed by atoms with Crippen molar-refractivity contribution in [2.45, 2.75) is 5.41 Å². The van der Waals surface area contributed by atoms with Gasteiger partial charge in [-0.2, -0.15) is 0 Å². The number of nitrogens with zero attached hydrogens (tertiary/aromatic N) is 1. The van der Waals surface area contributed by atoms with Crippen LogP contribution in [0.15, 0.2) is 212 Å². The number of fused-ring (bicyclic) bond motifs is 13. The number of hydrogen-bond donors (Lipinski definition) is 0. The van der Waals surface area contributed by atoms with E-state index in [0.29, 0.717) is 17.2 Å². The summed E-state index contributed by atoms with van der Waals surface area (Å²) < 4.78 is 13.9. The lowest BCUT2D eigenvalue weighted by atomic mass is 9.70. The molecule has 2 aliphatic carbocycles. The lowest BCUT2D eigenvalue weighted by Gasteiger charge is -2.31. The first-order valence-electron chi connectivity index (χ1n) is 19.8. The quantitative estimate of drug-likeness (QED) is 0.175. The molecule has 0 aromatic heterocycles. The molecule has 58 heavy (non-hydrogen) atoms. The highest BCUT2D eigenvalue weighted by Gasteiger charge is 2.53. The van der Waals surface area contributed by atoms with E-state index in [-0.39, 0.29) is 0 Å². The first kappa shape index (κ1) is 32.6. The van der Waals surface area contributed by atoms with Crippen molar-refractivity contribution < 1.29 is 9.47 Å². The summed E-state index contributed by atoms with van der Waals surface area (Å²) in [6, 6.07) is 75.7. The van der Waals surface area contributed by atoms with Gasteiger partial charge in [0.2, 0.25) is 0 Å². The molecule has 0 amide bonds. The van der Waals surface area contributed by atoms with E-state index in [4.69, 9.17) is 9.47 Å². The van der Waals surface area contributed by atoms with Gasteiger partial charge in [0.15, 0.2) is 23.0 Å². The predicted octanol–water partition coefficient (Wildman–Crippen LogP) is 14.7. The molecule has 9 aromatic carbocycles. The average Bonchev–Trinajstić information content (AvgIpc) is 3.77. The van der Waals surface area contributed by atoms with Crippen molar-refractivity contribution in [3.63, 3.8) is 0 Å². The second kappa shape index (κ2) is 12.7. The lowest BCUT2D eigenvalue weighted by molar-refractivity contribution is 0.360. The maximum absolute atomic E-state index is 7.00. The summed E-state index contributed by atoms with van der Waals surface area (Å²) in [5.74, 6) is 2.83. The lowest BCUT2D eigenvalue weighted by Crippen LogP contribution is -2.25. The van der Waals surface area contributed by atoms with Gasteiger partial charge in [-0.25, -0.2) is 0 Å². The Morgan fingerprint density at radius 1 is 0.328 bits per heavy atom. The zero-order valence-electron chi connectivity index (χ0n) is 31.5. The van der Waals surface area contributed by atoms with Gasteiger partial charge in [0, 0.05) is 22.9 Å². The van der Waals surface area contributed by atoms with Crippen molar-refractivity contribution in [1.29, 1.82) is 0 Å². The van der Waals surface area contributed by atoms with Crippen LogP contribution in [0.5, 0.6) is 23.0 Å². The maximum atomic E-state index is 7.00. The van der Waals surface area contributed by atoms with Gasteiger partial charge in [-0.3, -0.25) is 0 Å². The molecule has 0 saturated heterocycles. The van der Waals surface area contributed by atoms with Crippen LogP contribution in [0, 0.1) is 0 Å². The molecular weight excluding hydrogens is 707 g/mol. The van der Waals surface area contributed by atoms with Gasteiger partial charge < -0.3 is 14.4 Å². The number of para-hydroxylation sites is 2. The van der Waals surface area contributed by atoms with E-state index in [1.807, 2.05) is 0 Å². The minimum atomic E-state index is -0.451. The molecule has 0 bridgehead atoms. The van der Waals surface area contributed by atoms with Gasteiger partial charge in [-0.05, 0) is 92.0 Å². The Hall–Kier alpha value is -7.62. The van der Waals surface area contributed by atoms with Crippen LogP contribution in [0.3, 0.4) is 0 Å². The zero-order valence-corrected chi connectivity index (χ0v) is 31.5. The fourth-order valence-electron chi connectivity index (χ4n) is 9.73. The molecule has 0 saturated carbocycles. The van der Waals surface area contributed by atoms with Crippen LogP contribution in [0.1, 0.15) is 22.3 Å². The topological polar surface area (TPSA) is 21.7 Å². The second-order valence-electron chi connectivity index (χ2n) is 15.2. The Morgan fingerprint density at radius 3 is 1.57 bits per heavy atom. The first-order valence-corrected chi connectivity index (χ1v) is 19.8. The highest BCUT2D eigenvalue weighted by atomic mass is 16.6. The van der Waals surface area contributed by atoms with Gasteiger partial charge >= 0.3 is 0 Å². The van der Waals surface area contributed by atoms with Crippen LogP contribution in [0.25, 0.3) is 44.5 Å². The van der Waals surface area contributed by atoms with Crippen molar-refractivity contribution in [1.82, 2.24) is 0 Å². The van der Waals surface area contributed by atoms with E-state index in [9.17, 15) is 0 Å². The van der Waals surface area contributed by atoms with E-state index in [1.54, 1.807) is 0 Å². The molecule has 0 atom stereocenters. The van der Waals surface area contributed by atoms with Crippen LogP contribution in [-0.4, -0.2) is 0 Å². The third-order valence-electron chi connectivity index (χ3n) is 12.2. The van der Waals surface area contributed by atoms with Crippen LogP contribution in [-0.2, 0) is 5.41 Å². The van der Waals surface area contributed by atoms with Gasteiger partial charge in [0.25, 0.3) is 0 Å². The molecule has 0 N–H and O–H groups in total. The summed E-state index contributed by atoms with van der Waals surface area (Å²) in [4.78, 5) is 2.30. The van der Waals surface area contributed by atoms with Crippen molar-refractivity contribution in [3.8, 4) is 67.5 Å². The molecule has 12 rings (SSSR count). The molecule has 0 radical (unpaired) electrons. The first-order chi connectivity index (χ1) is 28.8. The zero-order chi connectivity index (χ0) is 38.2. The van der Waals surface area contributed by atoms with Crippen LogP contribution in [0.2, 0.25) is 0 Å². The number of ether oxygens (including phenoxy) is 2. The van der Waals surface area contributed by atoms with Gasteiger partial charge in [-0.1, -0.05) is 170 Å². The highest BCUT2D eigenvalue weighted by molar-refractivity contribution is 5.98. The minimum absolute atomic E-state index is 0.451. The summed E-state index contributed by atoms with van der Waals surface area (Å²) in [6.45, 7) is 0. The van der Waals surface area contributed by atoms with Gasteiger partial charge in [0.1, 0.15) is 0 Å². The number of anilines is 3. The Balaban J connectivity index is 0.967. The molecule has 272 valence electrons. The fraction of sp³-hybridized carbons (Fsp3) is 0.0182. The summed E-state index contributed by atoms with van der Waals surface area (Å²) >= 11 is 0. The fourth-order valence-corrected chi connectivity index (χ4v) is 9.73. The third kappa shape index (κ3) is 4.68. The molecular formula is C55H35NO2. The van der Waals surface area contributed by atoms with E-state index < -0.39 is 5.41 Å². The Morgan fingerprint density at radius 2 is 0.862 bits per heavy atom. The molecule has 1 spiro atoms. The van der Waals surface area contributed by atoms with Crippen LogP contribution < -0.4 is 14.4 Å². The summed E-state index contributed by atoms with van der Waals surface area (Å²) in [6.07, 6.45) is 0. The number of hydrogen-bond acceptors (Lipinski definition) is 3. The summed E-state index contributed by atoms with van der Waals surface area (Å²) in [5, 5.41) is 0. The largest absolute Gasteiger partial charge is 0.449 e. The van der Waals surface area contributed by atoms with Crippen LogP contribution in [0.4, 0.5) is 17.1 Å². The summed E-state index contributed by atoms with van der Waals surface area (Å²) in [7, 11) is 0. The smallest absolute Gasteiger partial charge is 0.178 e. The van der Waals surface area contributed by atoms with E-state index in [0.717, 1.165) is 39.5 Å². The van der Waals surface area contributed by atoms with Crippen molar-refractivity contribution in [2.75, 3.05) is 4.90 Å². The normalized spacial score (nSPS) is 13.2. The minimum Gasteiger partial charge on any atom is -0.449 e. The van der Waals surface area contributed by atoms with Gasteiger partial charge in [0.05, 0.1) is 16.8 Å². The number of rotatable bonds is 5. The van der Waals surface area contributed by atoms with Crippen molar-refractivity contribution in [2.24, 2.45) is 0 Å². The van der Waals surface area contributed by atoms with Crippen LogP contribution >= 0.6 is 0 Å². The van der Waals surface area contributed by atoms with Crippen molar-refractivity contribution in [3.05, 3.63) is 235 Å². The van der Waals surface area contributed by atoms with Crippen molar-refractivity contribution >= 4 is 17.1 Å². The van der Waals surface area contributed by atoms with E-state index in [2.05, 4.69) is 217 Å². The average molecular weight is 742 g/mol. The molecule has 0 fully saturated rings. The Kier molecular flexibility index (Phi) is 7.14. The monoisotopic (exact) mass is 741 g/mol. The molecule has 1 aliphatic heterocycles. The summed E-state index contributed by atoms with van der Waals surface area (Å²) in [5.41, 5.74) is 17.2. The van der Waals surface area contributed by atoms with E-state index >= 15 is 0 Å². The SMILES string of the molecule is c1ccc(-c2ccc(-c3ccccc3N(c3ccccc3)c3ccc4c(c3)Oc3ccc5c(c3O4)-c3ccccc3C53c4ccccc4-c4ccccc43)cc2)cc1.